The number of anilines is 1. The van der Waals surface area contributed by atoms with E-state index >= 15 is 0 Å². The van der Waals surface area contributed by atoms with E-state index in [9.17, 15) is 9.59 Å². The van der Waals surface area contributed by atoms with E-state index in [1.165, 1.54) is 6.07 Å². The van der Waals surface area contributed by atoms with Crippen molar-refractivity contribution in [3.05, 3.63) is 29.3 Å². The van der Waals surface area contributed by atoms with Gasteiger partial charge in [-0.2, -0.15) is 0 Å². The summed E-state index contributed by atoms with van der Waals surface area (Å²) in [5.74, 6) is -0.996. The molecule has 0 spiro atoms. The zero-order valence-electron chi connectivity index (χ0n) is 13.4. The molecule has 0 heterocycles. The minimum atomic E-state index is -0.996. The number of carboxylic acids is 1. The normalized spacial score (nSPS) is 11.9. The first-order valence-electron chi connectivity index (χ1n) is 6.78. The molecular formula is C16H23NO4. The van der Waals surface area contributed by atoms with Crippen LogP contribution < -0.4 is 5.32 Å². The number of nitrogens with one attached hydrogen (secondary N) is 1. The first-order chi connectivity index (χ1) is 9.40. The number of carbonyl (C=O) groups is 2. The molecule has 0 aromatic heterocycles. The van der Waals surface area contributed by atoms with Gasteiger partial charge < -0.3 is 9.84 Å². The number of amides is 1. The van der Waals surface area contributed by atoms with E-state index in [0.717, 1.165) is 5.56 Å². The van der Waals surface area contributed by atoms with E-state index in [2.05, 4.69) is 5.32 Å². The highest BCUT2D eigenvalue weighted by Crippen LogP contribution is 2.31. The lowest BCUT2D eigenvalue weighted by atomic mass is 9.85. The fourth-order valence-corrected chi connectivity index (χ4v) is 1.82. The number of rotatable bonds is 2. The van der Waals surface area contributed by atoms with Crippen LogP contribution in [0.1, 0.15) is 57.5 Å². The summed E-state index contributed by atoms with van der Waals surface area (Å²) in [6.07, 6.45) is -0.559. The highest BCUT2D eigenvalue weighted by molar-refractivity contribution is 5.91. The van der Waals surface area contributed by atoms with Gasteiger partial charge in [-0.1, -0.05) is 20.8 Å². The average molecular weight is 293 g/mol. The molecule has 0 saturated carbocycles. The minimum Gasteiger partial charge on any atom is -0.478 e. The van der Waals surface area contributed by atoms with Crippen molar-refractivity contribution in [3.8, 4) is 0 Å². The largest absolute Gasteiger partial charge is 0.478 e. The zero-order chi connectivity index (χ0) is 16.4. The summed E-state index contributed by atoms with van der Waals surface area (Å²) in [6, 6.07) is 4.63. The number of ether oxygens (including phenoxy) is 1. The fourth-order valence-electron chi connectivity index (χ4n) is 1.82. The van der Waals surface area contributed by atoms with Crippen LogP contribution in [0.3, 0.4) is 0 Å². The predicted molar refractivity (Wildman–Crippen MR) is 82.0 cm³/mol. The second-order valence-corrected chi connectivity index (χ2v) is 6.94. The van der Waals surface area contributed by atoms with Gasteiger partial charge in [-0.05, 0) is 49.9 Å². The standard InChI is InChI=1S/C16H23NO4/c1-15(2,3)11-9-10(13(18)19)7-8-12(11)17-14(20)21-16(4,5)6/h7-9H,1-6H3,(H,17,20)(H,18,19). The minimum absolute atomic E-state index is 0.190. The Kier molecular flexibility index (Phi) is 4.66. The highest BCUT2D eigenvalue weighted by Gasteiger charge is 2.23. The predicted octanol–water partition coefficient (Wildman–Crippen LogP) is 4.03. The van der Waals surface area contributed by atoms with Gasteiger partial charge in [0.05, 0.1) is 5.56 Å². The van der Waals surface area contributed by atoms with Gasteiger partial charge in [0.15, 0.2) is 0 Å². The molecule has 1 aromatic rings. The van der Waals surface area contributed by atoms with Crippen molar-refractivity contribution in [2.75, 3.05) is 5.32 Å². The molecule has 0 aliphatic heterocycles. The third kappa shape index (κ3) is 5.10. The summed E-state index contributed by atoms with van der Waals surface area (Å²) in [5.41, 5.74) is 0.590. The molecule has 21 heavy (non-hydrogen) atoms. The van der Waals surface area contributed by atoms with Crippen molar-refractivity contribution in [2.45, 2.75) is 52.6 Å². The van der Waals surface area contributed by atoms with Crippen molar-refractivity contribution in [2.24, 2.45) is 0 Å². The zero-order valence-corrected chi connectivity index (χ0v) is 13.4. The summed E-state index contributed by atoms with van der Waals surface area (Å²) in [5, 5.41) is 11.8. The lowest BCUT2D eigenvalue weighted by Gasteiger charge is -2.25. The van der Waals surface area contributed by atoms with Crippen LogP contribution in [-0.2, 0) is 10.2 Å². The number of hydrogen-bond acceptors (Lipinski definition) is 3. The van der Waals surface area contributed by atoms with Crippen molar-refractivity contribution < 1.29 is 19.4 Å². The highest BCUT2D eigenvalue weighted by atomic mass is 16.6. The smallest absolute Gasteiger partial charge is 0.412 e. The van der Waals surface area contributed by atoms with Crippen LogP contribution in [0.4, 0.5) is 10.5 Å². The maximum absolute atomic E-state index is 11.9. The second-order valence-electron chi connectivity index (χ2n) is 6.94. The number of hydrogen-bond donors (Lipinski definition) is 2. The second kappa shape index (κ2) is 5.76. The molecule has 0 fully saturated rings. The molecule has 0 atom stereocenters. The van der Waals surface area contributed by atoms with Crippen LogP contribution in [0.2, 0.25) is 0 Å². The Morgan fingerprint density at radius 1 is 1.10 bits per heavy atom. The Bertz CT molecular complexity index is 550. The number of carboxylic acid groups (broad SMARTS) is 1. The fraction of sp³-hybridized carbons (Fsp3) is 0.500. The molecule has 0 saturated heterocycles. The van der Waals surface area contributed by atoms with Crippen LogP contribution >= 0.6 is 0 Å². The van der Waals surface area contributed by atoms with E-state index in [0.29, 0.717) is 5.69 Å². The molecule has 0 aliphatic carbocycles. The van der Waals surface area contributed by atoms with Crippen LogP contribution in [0.15, 0.2) is 18.2 Å². The summed E-state index contributed by atoms with van der Waals surface area (Å²) in [4.78, 5) is 23.0. The SMILES string of the molecule is CC(C)(C)OC(=O)Nc1ccc(C(=O)O)cc1C(C)(C)C. The Hall–Kier alpha value is -2.04. The monoisotopic (exact) mass is 293 g/mol. The Morgan fingerprint density at radius 3 is 2.10 bits per heavy atom. The van der Waals surface area contributed by atoms with Crippen LogP contribution in [-0.4, -0.2) is 22.8 Å². The molecule has 1 rings (SSSR count). The molecule has 5 nitrogen and oxygen atoms in total. The molecule has 0 radical (unpaired) electrons. The van der Waals surface area contributed by atoms with Gasteiger partial charge in [-0.15, -0.1) is 0 Å². The Labute approximate surface area is 125 Å². The molecule has 5 heteroatoms. The molecule has 0 unspecified atom stereocenters. The van der Waals surface area contributed by atoms with Gasteiger partial charge in [0.2, 0.25) is 0 Å². The van der Waals surface area contributed by atoms with Gasteiger partial charge in [0.1, 0.15) is 5.60 Å². The molecular weight excluding hydrogens is 270 g/mol. The van der Waals surface area contributed by atoms with Crippen molar-refractivity contribution in [1.82, 2.24) is 0 Å². The van der Waals surface area contributed by atoms with E-state index in [1.54, 1.807) is 32.9 Å². The summed E-state index contributed by atoms with van der Waals surface area (Å²) < 4.78 is 5.22. The van der Waals surface area contributed by atoms with E-state index in [4.69, 9.17) is 9.84 Å². The van der Waals surface area contributed by atoms with Gasteiger partial charge in [-0.25, -0.2) is 9.59 Å². The van der Waals surface area contributed by atoms with Gasteiger partial charge in [-0.3, -0.25) is 5.32 Å². The van der Waals surface area contributed by atoms with Gasteiger partial charge in [0, 0.05) is 5.69 Å². The quantitative estimate of drug-likeness (QED) is 0.863. The van der Waals surface area contributed by atoms with E-state index in [1.807, 2.05) is 20.8 Å². The number of aromatic carboxylic acids is 1. The molecule has 116 valence electrons. The molecule has 0 bridgehead atoms. The van der Waals surface area contributed by atoms with E-state index < -0.39 is 17.7 Å². The maximum Gasteiger partial charge on any atom is 0.412 e. The summed E-state index contributed by atoms with van der Waals surface area (Å²) >= 11 is 0. The Morgan fingerprint density at radius 2 is 1.67 bits per heavy atom. The van der Waals surface area contributed by atoms with Gasteiger partial charge >= 0.3 is 12.1 Å². The van der Waals surface area contributed by atoms with Crippen molar-refractivity contribution >= 4 is 17.7 Å². The van der Waals surface area contributed by atoms with E-state index in [-0.39, 0.29) is 11.0 Å². The number of carbonyl (C=O) groups excluding carboxylic acids is 1. The van der Waals surface area contributed by atoms with Crippen LogP contribution in [0.5, 0.6) is 0 Å². The molecule has 1 aromatic carbocycles. The molecule has 0 aliphatic rings. The third-order valence-electron chi connectivity index (χ3n) is 2.71. The first kappa shape index (κ1) is 17.0. The molecule has 2 N–H and O–H groups in total. The first-order valence-corrected chi connectivity index (χ1v) is 6.78. The third-order valence-corrected chi connectivity index (χ3v) is 2.71. The van der Waals surface area contributed by atoms with Gasteiger partial charge in [0.25, 0.3) is 0 Å². The lowest BCUT2D eigenvalue weighted by molar-refractivity contribution is 0.0634. The Balaban J connectivity index is 3.12. The maximum atomic E-state index is 11.9. The van der Waals surface area contributed by atoms with Crippen molar-refractivity contribution in [3.63, 3.8) is 0 Å². The molecule has 1 amide bonds. The summed E-state index contributed by atoms with van der Waals surface area (Å²) in [7, 11) is 0. The average Bonchev–Trinajstić information content (AvgIpc) is 2.24. The van der Waals surface area contributed by atoms with Crippen LogP contribution in [0.25, 0.3) is 0 Å². The number of benzene rings is 1. The van der Waals surface area contributed by atoms with Crippen LogP contribution in [0, 0.1) is 0 Å². The van der Waals surface area contributed by atoms with Crippen molar-refractivity contribution in [1.29, 1.82) is 0 Å². The topological polar surface area (TPSA) is 75.6 Å². The summed E-state index contributed by atoms with van der Waals surface area (Å²) in [6.45, 7) is 11.2. The lowest BCUT2D eigenvalue weighted by Crippen LogP contribution is -2.28.